The molecular formula is C22H15ClFN3O2. The number of aromatic hydroxyl groups is 1. The van der Waals surface area contributed by atoms with E-state index in [1.165, 1.54) is 12.3 Å². The van der Waals surface area contributed by atoms with Crippen molar-refractivity contribution in [1.82, 2.24) is 15.3 Å². The monoisotopic (exact) mass is 407 g/mol. The number of pyridine rings is 2. The summed E-state index contributed by atoms with van der Waals surface area (Å²) in [5.41, 5.74) is 2.12. The van der Waals surface area contributed by atoms with Gasteiger partial charge in [0.2, 0.25) is 0 Å². The standard InChI is InChI=1S/C22H15ClFN3O2/c23-14-6-4-13(5-7-14)11-27-22(29)18-12-26-20-16(19-3-1-2-8-25-19)9-15(24)10-17(20)21(18)28/h1-10,12H,11H2,(H,26,28)(H,27,29). The van der Waals surface area contributed by atoms with E-state index < -0.39 is 11.7 Å². The SMILES string of the molecule is O=C(NCc1ccc(Cl)cc1)c1cnc2c(-c3ccccn3)cc(F)cc2c1O. The van der Waals surface area contributed by atoms with Gasteiger partial charge in [0, 0.05) is 34.9 Å². The van der Waals surface area contributed by atoms with Crippen LogP contribution in [0.5, 0.6) is 5.75 Å². The molecule has 2 aromatic heterocycles. The second kappa shape index (κ2) is 7.85. The summed E-state index contributed by atoms with van der Waals surface area (Å²) in [5.74, 6) is -1.41. The van der Waals surface area contributed by atoms with Crippen LogP contribution in [0.1, 0.15) is 15.9 Å². The first-order valence-electron chi connectivity index (χ1n) is 8.78. The predicted octanol–water partition coefficient (Wildman–Crippen LogP) is 4.72. The summed E-state index contributed by atoms with van der Waals surface area (Å²) in [6.07, 6.45) is 2.86. The first-order valence-corrected chi connectivity index (χ1v) is 9.16. The van der Waals surface area contributed by atoms with Gasteiger partial charge in [-0.25, -0.2) is 4.39 Å². The molecule has 0 fully saturated rings. The Balaban J connectivity index is 1.68. The van der Waals surface area contributed by atoms with E-state index in [0.29, 0.717) is 21.8 Å². The third-order valence-corrected chi connectivity index (χ3v) is 4.71. The number of carbonyl (C=O) groups is 1. The Morgan fingerprint density at radius 2 is 1.90 bits per heavy atom. The van der Waals surface area contributed by atoms with Crippen LogP contribution in [0.15, 0.2) is 67.0 Å². The molecule has 2 N–H and O–H groups in total. The maximum Gasteiger partial charge on any atom is 0.256 e. The van der Waals surface area contributed by atoms with Gasteiger partial charge in [0.25, 0.3) is 5.91 Å². The number of benzene rings is 2. The van der Waals surface area contributed by atoms with Crippen LogP contribution in [-0.4, -0.2) is 21.0 Å². The van der Waals surface area contributed by atoms with E-state index in [-0.39, 0.29) is 23.2 Å². The maximum absolute atomic E-state index is 14.2. The number of halogens is 2. The van der Waals surface area contributed by atoms with E-state index in [0.717, 1.165) is 11.6 Å². The summed E-state index contributed by atoms with van der Waals surface area (Å²) in [4.78, 5) is 21.1. The molecule has 2 heterocycles. The molecule has 29 heavy (non-hydrogen) atoms. The number of rotatable bonds is 4. The Hall–Kier alpha value is -3.51. The topological polar surface area (TPSA) is 75.1 Å². The van der Waals surface area contributed by atoms with Crippen LogP contribution in [0.4, 0.5) is 4.39 Å². The number of nitrogens with one attached hydrogen (secondary N) is 1. The zero-order valence-electron chi connectivity index (χ0n) is 15.1. The molecule has 0 spiro atoms. The minimum absolute atomic E-state index is 0.0379. The van der Waals surface area contributed by atoms with E-state index in [2.05, 4.69) is 15.3 Å². The minimum atomic E-state index is -0.561. The van der Waals surface area contributed by atoms with Gasteiger partial charge in [-0.3, -0.25) is 14.8 Å². The Kier molecular flexibility index (Phi) is 5.10. The molecule has 0 unspecified atom stereocenters. The predicted molar refractivity (Wildman–Crippen MR) is 109 cm³/mol. The summed E-state index contributed by atoms with van der Waals surface area (Å²) in [5, 5.41) is 14.1. The summed E-state index contributed by atoms with van der Waals surface area (Å²) in [7, 11) is 0. The van der Waals surface area contributed by atoms with Crippen LogP contribution < -0.4 is 5.32 Å². The number of hydrogen-bond donors (Lipinski definition) is 2. The Morgan fingerprint density at radius 1 is 1.10 bits per heavy atom. The molecule has 5 nitrogen and oxygen atoms in total. The van der Waals surface area contributed by atoms with Crippen molar-refractivity contribution >= 4 is 28.4 Å². The molecule has 0 aliphatic carbocycles. The van der Waals surface area contributed by atoms with Crippen LogP contribution in [0.3, 0.4) is 0 Å². The van der Waals surface area contributed by atoms with Crippen molar-refractivity contribution in [2.45, 2.75) is 6.54 Å². The average Bonchev–Trinajstić information content (AvgIpc) is 2.74. The van der Waals surface area contributed by atoms with Crippen LogP contribution >= 0.6 is 11.6 Å². The van der Waals surface area contributed by atoms with E-state index in [4.69, 9.17) is 11.6 Å². The van der Waals surface area contributed by atoms with Gasteiger partial charge in [-0.05, 0) is 42.0 Å². The molecule has 0 saturated carbocycles. The fraction of sp³-hybridized carbons (Fsp3) is 0.0455. The number of fused-ring (bicyclic) bond motifs is 1. The van der Waals surface area contributed by atoms with Crippen LogP contribution in [0.25, 0.3) is 22.2 Å². The maximum atomic E-state index is 14.2. The Morgan fingerprint density at radius 3 is 2.62 bits per heavy atom. The van der Waals surface area contributed by atoms with E-state index in [1.807, 2.05) is 0 Å². The lowest BCUT2D eigenvalue weighted by atomic mass is 10.0. The minimum Gasteiger partial charge on any atom is -0.506 e. The van der Waals surface area contributed by atoms with E-state index in [9.17, 15) is 14.3 Å². The van der Waals surface area contributed by atoms with Crippen LogP contribution in [0, 0.1) is 5.82 Å². The van der Waals surface area contributed by atoms with Gasteiger partial charge in [-0.15, -0.1) is 0 Å². The zero-order chi connectivity index (χ0) is 20.4. The molecule has 7 heteroatoms. The largest absolute Gasteiger partial charge is 0.506 e. The number of carbonyl (C=O) groups excluding carboxylic acids is 1. The van der Waals surface area contributed by atoms with E-state index >= 15 is 0 Å². The Bertz CT molecular complexity index is 1200. The molecule has 0 aliphatic rings. The van der Waals surface area contributed by atoms with Crippen molar-refractivity contribution in [2.75, 3.05) is 0 Å². The summed E-state index contributed by atoms with van der Waals surface area (Å²) < 4.78 is 14.2. The third-order valence-electron chi connectivity index (χ3n) is 4.46. The molecule has 0 bridgehead atoms. The first kappa shape index (κ1) is 18.8. The molecule has 0 aliphatic heterocycles. The highest BCUT2D eigenvalue weighted by atomic mass is 35.5. The molecular weight excluding hydrogens is 393 g/mol. The van der Waals surface area contributed by atoms with Crippen LogP contribution in [0.2, 0.25) is 5.02 Å². The third kappa shape index (κ3) is 3.88. The lowest BCUT2D eigenvalue weighted by Gasteiger charge is -2.11. The molecule has 0 radical (unpaired) electrons. The Labute approximate surface area is 170 Å². The van der Waals surface area contributed by atoms with Crippen molar-refractivity contribution in [2.24, 2.45) is 0 Å². The van der Waals surface area contributed by atoms with Gasteiger partial charge in [0.15, 0.2) is 0 Å². The second-order valence-electron chi connectivity index (χ2n) is 6.39. The average molecular weight is 408 g/mol. The van der Waals surface area contributed by atoms with Gasteiger partial charge in [-0.2, -0.15) is 0 Å². The highest BCUT2D eigenvalue weighted by molar-refractivity contribution is 6.30. The van der Waals surface area contributed by atoms with Gasteiger partial charge in [-0.1, -0.05) is 29.8 Å². The number of amides is 1. The van der Waals surface area contributed by atoms with E-state index in [1.54, 1.807) is 48.7 Å². The number of nitrogens with zero attached hydrogens (tertiary/aromatic N) is 2. The highest BCUT2D eigenvalue weighted by Crippen LogP contribution is 2.34. The van der Waals surface area contributed by atoms with Crippen molar-refractivity contribution in [3.8, 4) is 17.0 Å². The van der Waals surface area contributed by atoms with Crippen molar-refractivity contribution < 1.29 is 14.3 Å². The van der Waals surface area contributed by atoms with Gasteiger partial charge in [0.1, 0.15) is 17.1 Å². The molecule has 144 valence electrons. The summed E-state index contributed by atoms with van der Waals surface area (Å²) in [6, 6.07) is 14.7. The zero-order valence-corrected chi connectivity index (χ0v) is 15.8. The number of hydrogen-bond acceptors (Lipinski definition) is 4. The highest BCUT2D eigenvalue weighted by Gasteiger charge is 2.18. The smallest absolute Gasteiger partial charge is 0.256 e. The first-order chi connectivity index (χ1) is 14.0. The normalized spacial score (nSPS) is 10.8. The quantitative estimate of drug-likeness (QED) is 0.513. The van der Waals surface area contributed by atoms with Crippen molar-refractivity contribution in [3.05, 3.63) is 89.0 Å². The fourth-order valence-corrected chi connectivity index (χ4v) is 3.14. The summed E-state index contributed by atoms with van der Waals surface area (Å²) in [6.45, 7) is 0.246. The molecule has 2 aromatic carbocycles. The van der Waals surface area contributed by atoms with Gasteiger partial charge >= 0.3 is 0 Å². The summed E-state index contributed by atoms with van der Waals surface area (Å²) >= 11 is 5.85. The number of aromatic nitrogens is 2. The molecule has 4 aromatic rings. The molecule has 0 saturated heterocycles. The molecule has 4 rings (SSSR count). The van der Waals surface area contributed by atoms with Crippen molar-refractivity contribution in [1.29, 1.82) is 0 Å². The molecule has 0 atom stereocenters. The second-order valence-corrected chi connectivity index (χ2v) is 6.83. The lowest BCUT2D eigenvalue weighted by Crippen LogP contribution is -2.23. The van der Waals surface area contributed by atoms with Crippen molar-refractivity contribution in [3.63, 3.8) is 0 Å². The van der Waals surface area contributed by atoms with Crippen LogP contribution in [-0.2, 0) is 6.54 Å². The molecule has 1 amide bonds. The fourth-order valence-electron chi connectivity index (χ4n) is 3.02. The lowest BCUT2D eigenvalue weighted by molar-refractivity contribution is 0.0948. The van der Waals surface area contributed by atoms with Gasteiger partial charge in [0.05, 0.1) is 11.2 Å². The van der Waals surface area contributed by atoms with Gasteiger partial charge < -0.3 is 10.4 Å².